The lowest BCUT2D eigenvalue weighted by Crippen LogP contribution is -2.61. The second-order valence-electron chi connectivity index (χ2n) is 7.07. The average Bonchev–Trinajstić information content (AvgIpc) is 2.79. The van der Waals surface area contributed by atoms with Crippen molar-refractivity contribution in [1.82, 2.24) is 4.90 Å². The van der Waals surface area contributed by atoms with Crippen LogP contribution in [-0.2, 0) is 4.74 Å². The molecule has 0 aromatic carbocycles. The zero-order valence-corrected chi connectivity index (χ0v) is 11.9. The molecule has 5 rings (SSSR count). The molecule has 3 aliphatic carbocycles. The van der Waals surface area contributed by atoms with E-state index in [9.17, 15) is 5.11 Å². The molecule has 5 aliphatic rings. The lowest BCUT2D eigenvalue weighted by molar-refractivity contribution is -0.0792. The van der Waals surface area contributed by atoms with Gasteiger partial charge in [-0.05, 0) is 45.4 Å². The predicted molar refractivity (Wildman–Crippen MR) is 75.9 cm³/mol. The highest BCUT2D eigenvalue weighted by atomic mass is 16.5. The number of aliphatic hydroxyl groups is 1. The van der Waals surface area contributed by atoms with Crippen molar-refractivity contribution < 1.29 is 9.84 Å². The molecule has 2 bridgehead atoms. The number of hydrogen-bond acceptors (Lipinski definition) is 3. The number of aliphatic hydroxyl groups excluding tert-OH is 1. The van der Waals surface area contributed by atoms with Crippen LogP contribution >= 0.6 is 0 Å². The summed E-state index contributed by atoms with van der Waals surface area (Å²) in [6.07, 6.45) is 10.6. The number of piperidine rings is 1. The third-order valence-electron chi connectivity index (χ3n) is 6.34. The number of nitrogens with zero attached hydrogens (tertiary/aromatic N) is 1. The lowest BCUT2D eigenvalue weighted by atomic mass is 9.52. The first kappa shape index (κ1) is 11.6. The summed E-state index contributed by atoms with van der Waals surface area (Å²) in [7, 11) is 2.26. The summed E-state index contributed by atoms with van der Waals surface area (Å²) in [5.41, 5.74) is 3.16. The van der Waals surface area contributed by atoms with Crippen LogP contribution in [0.5, 0.6) is 0 Å². The molecule has 0 unspecified atom stereocenters. The van der Waals surface area contributed by atoms with Gasteiger partial charge in [-0.15, -0.1) is 0 Å². The fourth-order valence-electron chi connectivity index (χ4n) is 5.51. The summed E-state index contributed by atoms with van der Waals surface area (Å²) in [4.78, 5) is 2.52. The molecule has 2 fully saturated rings. The van der Waals surface area contributed by atoms with Crippen LogP contribution in [-0.4, -0.2) is 41.8 Å². The largest absolute Gasteiger partial charge is 0.486 e. The van der Waals surface area contributed by atoms with E-state index >= 15 is 0 Å². The highest BCUT2D eigenvalue weighted by molar-refractivity contribution is 5.51. The Balaban J connectivity index is 1.79. The maximum atomic E-state index is 10.5. The summed E-state index contributed by atoms with van der Waals surface area (Å²) < 4.78 is 6.26. The quantitative estimate of drug-likeness (QED) is 0.684. The molecule has 106 valence electrons. The molecule has 0 aromatic rings. The standard InChI is InChI=1S/C17H21NO2/c1-18-8-7-17-11-5-6-13(19)16(17)20-14-4-2-3-10(15(14)17)9-12(11)18/h4-6,11-13,16,19H,2-3,7-9H2,1H3/t11-,12+,13-,16-,17-/m0/s1. The maximum absolute atomic E-state index is 10.5. The molecule has 0 saturated carbocycles. The van der Waals surface area contributed by atoms with E-state index in [4.69, 9.17) is 4.74 Å². The molecule has 0 aromatic heterocycles. The summed E-state index contributed by atoms with van der Waals surface area (Å²) in [6, 6.07) is 0.592. The number of rotatable bonds is 0. The zero-order chi connectivity index (χ0) is 13.5. The summed E-state index contributed by atoms with van der Waals surface area (Å²) in [5.74, 6) is 1.62. The van der Waals surface area contributed by atoms with Gasteiger partial charge in [-0.3, -0.25) is 0 Å². The Morgan fingerprint density at radius 2 is 2.30 bits per heavy atom. The van der Waals surface area contributed by atoms with Crippen molar-refractivity contribution in [2.24, 2.45) is 11.3 Å². The van der Waals surface area contributed by atoms with Crippen LogP contribution in [0.4, 0.5) is 0 Å². The van der Waals surface area contributed by atoms with Gasteiger partial charge in [0.1, 0.15) is 18.0 Å². The molecule has 2 saturated heterocycles. The smallest absolute Gasteiger partial charge is 0.138 e. The minimum absolute atomic E-state index is 0.0525. The van der Waals surface area contributed by atoms with E-state index < -0.39 is 6.10 Å². The van der Waals surface area contributed by atoms with Gasteiger partial charge in [0.15, 0.2) is 0 Å². The normalized spacial score (nSPS) is 48.8. The molecule has 0 radical (unpaired) electrons. The van der Waals surface area contributed by atoms with Crippen molar-refractivity contribution in [3.8, 4) is 0 Å². The molecule has 5 atom stereocenters. The Kier molecular flexibility index (Phi) is 2.07. The van der Waals surface area contributed by atoms with Crippen LogP contribution in [0.15, 0.2) is 35.1 Å². The first-order valence-electron chi connectivity index (χ1n) is 7.88. The first-order chi connectivity index (χ1) is 9.72. The molecule has 20 heavy (non-hydrogen) atoms. The Morgan fingerprint density at radius 1 is 1.40 bits per heavy atom. The van der Waals surface area contributed by atoms with Crippen molar-refractivity contribution in [3.05, 3.63) is 35.1 Å². The number of hydrogen-bond donors (Lipinski definition) is 1. The van der Waals surface area contributed by atoms with Gasteiger partial charge in [0.25, 0.3) is 0 Å². The van der Waals surface area contributed by atoms with E-state index in [-0.39, 0.29) is 11.5 Å². The van der Waals surface area contributed by atoms with Gasteiger partial charge in [-0.25, -0.2) is 0 Å². The number of likely N-dealkylation sites (tertiary alicyclic amines) is 1. The van der Waals surface area contributed by atoms with E-state index in [0.717, 1.165) is 25.1 Å². The first-order valence-corrected chi connectivity index (χ1v) is 7.88. The highest BCUT2D eigenvalue weighted by Gasteiger charge is 2.64. The van der Waals surface area contributed by atoms with E-state index in [1.165, 1.54) is 18.4 Å². The fourth-order valence-corrected chi connectivity index (χ4v) is 5.51. The van der Waals surface area contributed by atoms with Crippen molar-refractivity contribution in [2.45, 2.75) is 43.9 Å². The van der Waals surface area contributed by atoms with Crippen LogP contribution in [0.3, 0.4) is 0 Å². The van der Waals surface area contributed by atoms with Crippen LogP contribution < -0.4 is 0 Å². The molecule has 1 N–H and O–H groups in total. The molecular formula is C17H21NO2. The van der Waals surface area contributed by atoms with Gasteiger partial charge in [0.2, 0.25) is 0 Å². The van der Waals surface area contributed by atoms with Gasteiger partial charge in [0, 0.05) is 22.9 Å². The van der Waals surface area contributed by atoms with Crippen LogP contribution in [0.25, 0.3) is 0 Å². The minimum atomic E-state index is -0.450. The van der Waals surface area contributed by atoms with Gasteiger partial charge in [0.05, 0.1) is 0 Å². The van der Waals surface area contributed by atoms with Crippen molar-refractivity contribution in [3.63, 3.8) is 0 Å². The SMILES string of the molecule is CN1CC[C@]23C4=C5CCC=C4O[C@H]2[C@@H](O)C=C[C@H]3[C@H]1C5. The molecular weight excluding hydrogens is 250 g/mol. The van der Waals surface area contributed by atoms with E-state index in [0.29, 0.717) is 12.0 Å². The summed E-state index contributed by atoms with van der Waals surface area (Å²) >= 11 is 0. The fraction of sp³-hybridized carbons (Fsp3) is 0.647. The molecule has 1 spiro atoms. The van der Waals surface area contributed by atoms with Gasteiger partial charge in [-0.2, -0.15) is 0 Å². The van der Waals surface area contributed by atoms with Crippen molar-refractivity contribution in [1.29, 1.82) is 0 Å². The number of ether oxygens (including phenoxy) is 1. The average molecular weight is 271 g/mol. The third-order valence-corrected chi connectivity index (χ3v) is 6.34. The molecule has 2 heterocycles. The van der Waals surface area contributed by atoms with Crippen molar-refractivity contribution in [2.75, 3.05) is 13.6 Å². The monoisotopic (exact) mass is 271 g/mol. The molecule has 2 aliphatic heterocycles. The Bertz CT molecular complexity index is 576. The molecule has 3 heteroatoms. The van der Waals surface area contributed by atoms with Crippen LogP contribution in [0, 0.1) is 11.3 Å². The molecule has 0 amide bonds. The van der Waals surface area contributed by atoms with Crippen LogP contribution in [0.1, 0.15) is 25.7 Å². The van der Waals surface area contributed by atoms with Crippen molar-refractivity contribution >= 4 is 0 Å². The summed E-state index contributed by atoms with van der Waals surface area (Å²) in [6.45, 7) is 1.12. The topological polar surface area (TPSA) is 32.7 Å². The van der Waals surface area contributed by atoms with Gasteiger partial charge in [-0.1, -0.05) is 17.7 Å². The zero-order valence-electron chi connectivity index (χ0n) is 11.9. The Labute approximate surface area is 119 Å². The maximum Gasteiger partial charge on any atom is 0.138 e. The Morgan fingerprint density at radius 3 is 3.20 bits per heavy atom. The van der Waals surface area contributed by atoms with Gasteiger partial charge < -0.3 is 14.7 Å². The van der Waals surface area contributed by atoms with E-state index in [1.54, 1.807) is 5.57 Å². The predicted octanol–water partition coefficient (Wildman–Crippen LogP) is 2.00. The molecule has 3 nitrogen and oxygen atoms in total. The summed E-state index contributed by atoms with van der Waals surface area (Å²) in [5, 5.41) is 10.5. The minimum Gasteiger partial charge on any atom is -0.486 e. The third kappa shape index (κ3) is 1.12. The number of allylic oxidation sites excluding steroid dienone is 2. The second-order valence-corrected chi connectivity index (χ2v) is 7.07. The van der Waals surface area contributed by atoms with Crippen LogP contribution in [0.2, 0.25) is 0 Å². The van der Waals surface area contributed by atoms with E-state index in [1.807, 2.05) is 6.08 Å². The van der Waals surface area contributed by atoms with Gasteiger partial charge >= 0.3 is 0 Å². The second kappa shape index (κ2) is 3.58. The van der Waals surface area contributed by atoms with E-state index in [2.05, 4.69) is 24.1 Å². The highest BCUT2D eigenvalue weighted by Crippen LogP contribution is 2.64. The Hall–Kier alpha value is -1.06. The lowest BCUT2D eigenvalue weighted by Gasteiger charge is -2.56.